The van der Waals surface area contributed by atoms with Crippen molar-refractivity contribution < 1.29 is 21.6 Å². The van der Waals surface area contributed by atoms with Gasteiger partial charge in [-0.3, -0.25) is 4.72 Å². The first kappa shape index (κ1) is 13.3. The molecule has 0 radical (unpaired) electrons. The lowest BCUT2D eigenvalue weighted by Gasteiger charge is -2.08. The maximum Gasteiger partial charge on any atom is 0.266 e. The summed E-state index contributed by atoms with van der Waals surface area (Å²) in [7, 11) is -4.38. The van der Waals surface area contributed by atoms with Crippen LogP contribution in [-0.4, -0.2) is 13.4 Å². The molecule has 0 spiro atoms. The molecule has 0 aliphatic rings. The van der Waals surface area contributed by atoms with Crippen molar-refractivity contribution in [2.24, 2.45) is 0 Å². The van der Waals surface area contributed by atoms with E-state index in [9.17, 15) is 21.6 Å². The number of rotatable bonds is 3. The quantitative estimate of drug-likeness (QED) is 0.882. The Hall–Kier alpha value is -2.09. The van der Waals surface area contributed by atoms with Crippen LogP contribution in [-0.2, 0) is 10.0 Å². The summed E-state index contributed by atoms with van der Waals surface area (Å²) in [6.45, 7) is 0. The van der Waals surface area contributed by atoms with E-state index in [1.807, 2.05) is 4.72 Å². The van der Waals surface area contributed by atoms with E-state index in [0.29, 0.717) is 12.1 Å². The predicted molar refractivity (Wildman–Crippen MR) is 61.4 cm³/mol. The van der Waals surface area contributed by atoms with Gasteiger partial charge in [0.15, 0.2) is 0 Å². The van der Waals surface area contributed by atoms with E-state index in [0.717, 1.165) is 12.1 Å². The van der Waals surface area contributed by atoms with Crippen LogP contribution in [0.1, 0.15) is 0 Å². The van der Waals surface area contributed by atoms with Crippen LogP contribution in [0.5, 0.6) is 0 Å². The van der Waals surface area contributed by atoms with Gasteiger partial charge in [-0.2, -0.15) is 4.39 Å². The molecule has 4 nitrogen and oxygen atoms in total. The summed E-state index contributed by atoms with van der Waals surface area (Å²) in [5, 5.41) is 0. The molecular weight excluding hydrogens is 281 g/mol. The van der Waals surface area contributed by atoms with Gasteiger partial charge in [-0.15, -0.1) is 0 Å². The van der Waals surface area contributed by atoms with E-state index in [1.54, 1.807) is 0 Å². The lowest BCUT2D eigenvalue weighted by molar-refractivity contribution is 0.555. The molecule has 19 heavy (non-hydrogen) atoms. The van der Waals surface area contributed by atoms with Gasteiger partial charge >= 0.3 is 0 Å². The largest absolute Gasteiger partial charge is 0.266 e. The van der Waals surface area contributed by atoms with Crippen LogP contribution in [0.4, 0.5) is 19.0 Å². The predicted octanol–water partition coefficient (Wildman–Crippen LogP) is 2.30. The van der Waals surface area contributed by atoms with Crippen molar-refractivity contribution in [2.45, 2.75) is 4.90 Å². The first-order chi connectivity index (χ1) is 8.88. The van der Waals surface area contributed by atoms with Gasteiger partial charge in [0, 0.05) is 0 Å². The Morgan fingerprint density at radius 1 is 1.05 bits per heavy atom. The minimum atomic E-state index is -4.38. The average molecular weight is 288 g/mol. The maximum atomic E-state index is 13.4. The average Bonchev–Trinajstić information content (AvgIpc) is 2.31. The van der Waals surface area contributed by atoms with Crippen LogP contribution in [0.25, 0.3) is 0 Å². The Balaban J connectivity index is 2.40. The van der Waals surface area contributed by atoms with Gasteiger partial charge in [-0.1, -0.05) is 6.07 Å². The fourth-order valence-electron chi connectivity index (χ4n) is 1.34. The highest BCUT2D eigenvalue weighted by molar-refractivity contribution is 7.92. The van der Waals surface area contributed by atoms with Gasteiger partial charge in [0.05, 0.1) is 0 Å². The minimum Gasteiger partial charge on any atom is -0.263 e. The summed E-state index contributed by atoms with van der Waals surface area (Å²) in [6, 6.07) is 5.41. The monoisotopic (exact) mass is 288 g/mol. The molecular formula is C11H7F3N2O2S. The van der Waals surface area contributed by atoms with Crippen LogP contribution >= 0.6 is 0 Å². The minimum absolute atomic E-state index is 0.330. The third kappa shape index (κ3) is 3.02. The number of hydrogen-bond acceptors (Lipinski definition) is 3. The Morgan fingerprint density at radius 2 is 1.79 bits per heavy atom. The zero-order valence-electron chi connectivity index (χ0n) is 9.27. The van der Waals surface area contributed by atoms with Crippen LogP contribution in [0.15, 0.2) is 41.3 Å². The van der Waals surface area contributed by atoms with Gasteiger partial charge in [-0.05, 0) is 30.3 Å². The number of benzene rings is 1. The number of nitrogens with one attached hydrogen (secondary N) is 1. The molecule has 1 aromatic heterocycles. The zero-order chi connectivity index (χ0) is 14.0. The Bertz CT molecular complexity index is 720. The molecule has 2 aromatic rings. The van der Waals surface area contributed by atoms with E-state index < -0.39 is 32.5 Å². The van der Waals surface area contributed by atoms with E-state index >= 15 is 0 Å². The van der Waals surface area contributed by atoms with Crippen molar-refractivity contribution in [2.75, 3.05) is 4.72 Å². The summed E-state index contributed by atoms with van der Waals surface area (Å²) in [5.41, 5.74) is 0. The van der Waals surface area contributed by atoms with Gasteiger partial charge < -0.3 is 0 Å². The molecule has 0 fully saturated rings. The summed E-state index contributed by atoms with van der Waals surface area (Å²) in [4.78, 5) is 2.39. The fraction of sp³-hybridized carbons (Fsp3) is 0. The van der Waals surface area contributed by atoms with E-state index in [4.69, 9.17) is 0 Å². The normalized spacial score (nSPS) is 11.3. The lowest BCUT2D eigenvalue weighted by atomic mass is 10.3. The molecule has 0 amide bonds. The van der Waals surface area contributed by atoms with Gasteiger partial charge in [0.1, 0.15) is 22.3 Å². The molecule has 0 aliphatic heterocycles. The number of nitrogens with zero attached hydrogens (tertiary/aromatic N) is 1. The number of sulfonamides is 1. The molecule has 0 aliphatic carbocycles. The molecule has 8 heteroatoms. The van der Waals surface area contributed by atoms with Crippen molar-refractivity contribution in [3.8, 4) is 0 Å². The Kier molecular flexibility index (Phi) is 3.43. The Labute approximate surface area is 107 Å². The second kappa shape index (κ2) is 4.88. The van der Waals surface area contributed by atoms with Gasteiger partial charge in [0.2, 0.25) is 5.95 Å². The molecule has 100 valence electrons. The third-order valence-electron chi connectivity index (χ3n) is 2.14. The second-order valence-electron chi connectivity index (χ2n) is 3.53. The molecule has 2 rings (SSSR count). The van der Waals surface area contributed by atoms with Crippen LogP contribution in [0.3, 0.4) is 0 Å². The molecule has 1 N–H and O–H groups in total. The fourth-order valence-corrected chi connectivity index (χ4v) is 2.43. The summed E-state index contributed by atoms with van der Waals surface area (Å²) in [6.07, 6.45) is 0. The number of hydrogen-bond donors (Lipinski definition) is 1. The highest BCUT2D eigenvalue weighted by Crippen LogP contribution is 2.18. The number of pyridine rings is 1. The van der Waals surface area contributed by atoms with Crippen molar-refractivity contribution in [1.29, 1.82) is 0 Å². The number of aromatic nitrogens is 1. The number of anilines is 1. The van der Waals surface area contributed by atoms with Crippen molar-refractivity contribution in [3.05, 3.63) is 54.0 Å². The first-order valence-electron chi connectivity index (χ1n) is 4.99. The standard InChI is InChI=1S/C11H7F3N2O2S/c12-7-4-5-8(13)9(6-7)19(17,18)16-11-3-1-2-10(14)15-11/h1-6H,(H,15,16). The van der Waals surface area contributed by atoms with Gasteiger partial charge in [-0.25, -0.2) is 22.2 Å². The van der Waals surface area contributed by atoms with Gasteiger partial charge in [0.25, 0.3) is 10.0 Å². The second-order valence-corrected chi connectivity index (χ2v) is 5.18. The molecule has 0 bridgehead atoms. The van der Waals surface area contributed by atoms with E-state index in [2.05, 4.69) is 4.98 Å². The summed E-state index contributed by atoms with van der Waals surface area (Å²) < 4.78 is 64.6. The van der Waals surface area contributed by atoms with Crippen LogP contribution < -0.4 is 4.72 Å². The molecule has 0 saturated heterocycles. The van der Waals surface area contributed by atoms with E-state index in [-0.39, 0.29) is 5.82 Å². The highest BCUT2D eigenvalue weighted by atomic mass is 32.2. The molecule has 0 atom stereocenters. The third-order valence-corrected chi connectivity index (χ3v) is 3.51. The SMILES string of the molecule is O=S(=O)(Nc1cccc(F)n1)c1cc(F)ccc1F. The maximum absolute atomic E-state index is 13.4. The lowest BCUT2D eigenvalue weighted by Crippen LogP contribution is -2.16. The van der Waals surface area contributed by atoms with Crippen molar-refractivity contribution in [3.63, 3.8) is 0 Å². The smallest absolute Gasteiger partial charge is 0.263 e. The molecule has 1 heterocycles. The summed E-state index contributed by atoms with van der Waals surface area (Å²) >= 11 is 0. The first-order valence-corrected chi connectivity index (χ1v) is 6.47. The van der Waals surface area contributed by atoms with Crippen molar-refractivity contribution in [1.82, 2.24) is 4.98 Å². The zero-order valence-corrected chi connectivity index (χ0v) is 10.1. The molecule has 0 unspecified atom stereocenters. The van der Waals surface area contributed by atoms with E-state index in [1.165, 1.54) is 12.1 Å². The topological polar surface area (TPSA) is 59.1 Å². The number of halogens is 3. The summed E-state index contributed by atoms with van der Waals surface area (Å²) in [5.74, 6) is -3.26. The molecule has 1 aromatic carbocycles. The Morgan fingerprint density at radius 3 is 2.47 bits per heavy atom. The molecule has 0 saturated carbocycles. The van der Waals surface area contributed by atoms with Crippen LogP contribution in [0, 0.1) is 17.6 Å². The van der Waals surface area contributed by atoms with Crippen molar-refractivity contribution >= 4 is 15.8 Å². The van der Waals surface area contributed by atoms with Crippen LogP contribution in [0.2, 0.25) is 0 Å². The highest BCUT2D eigenvalue weighted by Gasteiger charge is 2.20.